The van der Waals surface area contributed by atoms with Gasteiger partial charge in [-0.25, -0.2) is 9.13 Å². The monoisotopic (exact) mass is 602 g/mol. The molecule has 2 nitrogen and oxygen atoms in total. The van der Waals surface area contributed by atoms with E-state index in [0.29, 0.717) is 0 Å². The summed E-state index contributed by atoms with van der Waals surface area (Å²) in [4.78, 5) is 0. The molecule has 1 rings (SSSR count). The van der Waals surface area contributed by atoms with Crippen LogP contribution in [0.5, 0.6) is 0 Å². The first kappa shape index (κ1) is 40.2. The minimum atomic E-state index is 1.20. The Morgan fingerprint density at radius 2 is 0.721 bits per heavy atom. The highest BCUT2D eigenvalue weighted by atomic mass is 15.1. The van der Waals surface area contributed by atoms with Gasteiger partial charge < -0.3 is 0 Å². The zero-order chi connectivity index (χ0) is 30.9. The van der Waals surface area contributed by atoms with Gasteiger partial charge >= 0.3 is 0 Å². The molecule has 0 aromatic carbocycles. The molecule has 0 unspecified atom stereocenters. The predicted molar refractivity (Wildman–Crippen MR) is 193 cm³/mol. The molecule has 0 amide bonds. The van der Waals surface area contributed by atoms with Crippen molar-refractivity contribution in [3.05, 3.63) is 18.2 Å². The van der Waals surface area contributed by atoms with Crippen LogP contribution in [0.15, 0.2) is 12.4 Å². The lowest BCUT2D eigenvalue weighted by molar-refractivity contribution is -0.704. The number of hydrogen-bond donors (Lipinski definition) is 0. The molecule has 1 aromatic heterocycles. The smallest absolute Gasteiger partial charge is 0.234 e. The molecule has 43 heavy (non-hydrogen) atoms. The Morgan fingerprint density at radius 1 is 0.395 bits per heavy atom. The van der Waals surface area contributed by atoms with Crippen LogP contribution in [-0.4, -0.2) is 4.57 Å². The number of rotatable bonds is 35. The highest BCUT2D eigenvalue weighted by Crippen LogP contribution is 2.16. The van der Waals surface area contributed by atoms with Crippen LogP contribution < -0.4 is 4.57 Å². The van der Waals surface area contributed by atoms with E-state index in [2.05, 4.69) is 42.3 Å². The van der Waals surface area contributed by atoms with Gasteiger partial charge in [-0.15, -0.1) is 0 Å². The van der Waals surface area contributed by atoms with Crippen LogP contribution in [0.4, 0.5) is 0 Å². The third-order valence-corrected chi connectivity index (χ3v) is 9.85. The van der Waals surface area contributed by atoms with Gasteiger partial charge in [0.2, 0.25) is 0 Å². The first-order chi connectivity index (χ1) is 21.3. The fourth-order valence-electron chi connectivity index (χ4n) is 6.83. The van der Waals surface area contributed by atoms with E-state index in [0.717, 1.165) is 0 Å². The number of nitrogens with zero attached hydrogens (tertiary/aromatic N) is 2. The van der Waals surface area contributed by atoms with Crippen molar-refractivity contribution in [3.8, 4) is 0 Å². The third kappa shape index (κ3) is 25.1. The Labute approximate surface area is 272 Å². The van der Waals surface area contributed by atoms with E-state index < -0.39 is 0 Å². The van der Waals surface area contributed by atoms with Crippen molar-refractivity contribution >= 4 is 0 Å². The Kier molecular flexibility index (Phi) is 30.5. The Bertz CT molecular complexity index is 663. The normalized spacial score (nSPS) is 11.6. The molecule has 1 aromatic rings. The molecule has 0 saturated heterocycles. The van der Waals surface area contributed by atoms with Crippen LogP contribution >= 0.6 is 0 Å². The molecule has 2 heteroatoms. The minimum absolute atomic E-state index is 1.20. The topological polar surface area (TPSA) is 8.81 Å². The van der Waals surface area contributed by atoms with E-state index in [4.69, 9.17) is 0 Å². The van der Waals surface area contributed by atoms with Crippen molar-refractivity contribution in [3.63, 3.8) is 0 Å². The quantitative estimate of drug-likeness (QED) is 0.0540. The van der Waals surface area contributed by atoms with Crippen molar-refractivity contribution in [2.75, 3.05) is 0 Å². The number of unbranched alkanes of at least 4 members (excludes halogenated alkanes) is 29. The third-order valence-electron chi connectivity index (χ3n) is 9.85. The molecule has 254 valence electrons. The Balaban J connectivity index is 2.06. The summed E-state index contributed by atoms with van der Waals surface area (Å²) in [7, 11) is 0. The molecule has 0 aliphatic rings. The van der Waals surface area contributed by atoms with Crippen molar-refractivity contribution in [2.24, 2.45) is 0 Å². The van der Waals surface area contributed by atoms with E-state index in [1.807, 2.05) is 0 Å². The number of aryl methyl sites for hydroxylation is 2. The van der Waals surface area contributed by atoms with Crippen molar-refractivity contribution in [2.45, 2.75) is 246 Å². The van der Waals surface area contributed by atoms with E-state index in [1.54, 1.807) is 5.82 Å². The van der Waals surface area contributed by atoms with Crippen LogP contribution in [0.2, 0.25) is 0 Å². The molecular formula is C41H81N2+. The van der Waals surface area contributed by atoms with Gasteiger partial charge in [0.25, 0.3) is 5.82 Å². The van der Waals surface area contributed by atoms with Crippen molar-refractivity contribution in [1.82, 2.24) is 4.57 Å². The van der Waals surface area contributed by atoms with Crippen LogP contribution in [0.1, 0.15) is 232 Å². The molecular weight excluding hydrogens is 520 g/mol. The first-order valence-corrected chi connectivity index (χ1v) is 20.4. The van der Waals surface area contributed by atoms with E-state index in [-0.39, 0.29) is 0 Å². The van der Waals surface area contributed by atoms with Gasteiger partial charge in [-0.1, -0.05) is 201 Å². The highest BCUT2D eigenvalue weighted by molar-refractivity contribution is 4.84. The van der Waals surface area contributed by atoms with Crippen molar-refractivity contribution < 1.29 is 4.57 Å². The van der Waals surface area contributed by atoms with Crippen LogP contribution in [0, 0.1) is 0 Å². The number of hydrogen-bond acceptors (Lipinski definition) is 0. The molecule has 0 aliphatic heterocycles. The van der Waals surface area contributed by atoms with E-state index >= 15 is 0 Å². The standard InChI is InChI=1S/C41H81N2/c1-4-7-10-12-14-16-18-20-22-24-26-28-30-32-34-36-41-42(37-9-6-3)39-40-43(41)38-35-33-31-29-27-25-23-21-19-17-15-13-11-8-5-2/h39-40H,4-38H2,1-3H3/q+1. The molecule has 0 spiro atoms. The molecule has 0 fully saturated rings. The molecule has 0 bridgehead atoms. The lowest BCUT2D eigenvalue weighted by atomic mass is 10.0. The summed E-state index contributed by atoms with van der Waals surface area (Å²) in [5.74, 6) is 1.61. The highest BCUT2D eigenvalue weighted by Gasteiger charge is 2.16. The van der Waals surface area contributed by atoms with Crippen LogP contribution in [-0.2, 0) is 19.5 Å². The first-order valence-electron chi connectivity index (χ1n) is 20.4. The maximum absolute atomic E-state index is 2.61. The molecule has 0 saturated carbocycles. The summed E-state index contributed by atoms with van der Waals surface area (Å²) in [5, 5.41) is 0. The van der Waals surface area contributed by atoms with Gasteiger partial charge in [-0.3, -0.25) is 0 Å². The Hall–Kier alpha value is -0.790. The fraction of sp³-hybridized carbons (Fsp3) is 0.927. The second-order valence-electron chi connectivity index (χ2n) is 14.1. The fourth-order valence-corrected chi connectivity index (χ4v) is 6.83. The number of imidazole rings is 1. The maximum atomic E-state index is 2.61. The van der Waals surface area contributed by atoms with Gasteiger partial charge in [-0.05, 0) is 25.7 Å². The average Bonchev–Trinajstić information content (AvgIpc) is 3.40. The van der Waals surface area contributed by atoms with Crippen LogP contribution in [0.3, 0.4) is 0 Å². The summed E-state index contributed by atoms with van der Waals surface area (Å²) in [6.07, 6.45) is 52.0. The average molecular weight is 602 g/mol. The molecule has 1 heterocycles. The van der Waals surface area contributed by atoms with Crippen LogP contribution in [0.25, 0.3) is 0 Å². The lowest BCUT2D eigenvalue weighted by Gasteiger charge is -2.07. The van der Waals surface area contributed by atoms with Crippen molar-refractivity contribution in [1.29, 1.82) is 0 Å². The lowest BCUT2D eigenvalue weighted by Crippen LogP contribution is -2.37. The summed E-state index contributed by atoms with van der Waals surface area (Å²) in [5.41, 5.74) is 0. The summed E-state index contributed by atoms with van der Waals surface area (Å²) in [6, 6.07) is 0. The maximum Gasteiger partial charge on any atom is 0.256 e. The van der Waals surface area contributed by atoms with Gasteiger partial charge in [0, 0.05) is 6.42 Å². The van der Waals surface area contributed by atoms with Gasteiger partial charge in [0.05, 0.1) is 13.1 Å². The zero-order valence-electron chi connectivity index (χ0n) is 30.3. The van der Waals surface area contributed by atoms with E-state index in [9.17, 15) is 0 Å². The Morgan fingerprint density at radius 3 is 1.09 bits per heavy atom. The SMILES string of the molecule is CCCCCCCCCCCCCCCCCc1n(CCCCCCCCCCCCCCCCC)cc[n+]1CCCC. The van der Waals surface area contributed by atoms with E-state index in [1.165, 1.54) is 225 Å². The second-order valence-corrected chi connectivity index (χ2v) is 14.1. The molecule has 0 radical (unpaired) electrons. The minimum Gasteiger partial charge on any atom is -0.234 e. The predicted octanol–water partition coefficient (Wildman–Crippen LogP) is 13.9. The molecule has 0 aliphatic carbocycles. The second kappa shape index (κ2) is 32.6. The van der Waals surface area contributed by atoms with Gasteiger partial charge in [-0.2, -0.15) is 0 Å². The summed E-state index contributed by atoms with van der Waals surface area (Å²) < 4.78 is 5.19. The molecule has 0 N–H and O–H groups in total. The van der Waals surface area contributed by atoms with Gasteiger partial charge in [0.15, 0.2) is 0 Å². The number of aromatic nitrogens is 2. The van der Waals surface area contributed by atoms with Gasteiger partial charge in [0.1, 0.15) is 12.4 Å². The molecule has 0 atom stereocenters. The summed E-state index contributed by atoms with van der Waals surface area (Å²) in [6.45, 7) is 9.37. The zero-order valence-corrected chi connectivity index (χ0v) is 30.3. The largest absolute Gasteiger partial charge is 0.256 e. The summed E-state index contributed by atoms with van der Waals surface area (Å²) >= 11 is 0.